The summed E-state index contributed by atoms with van der Waals surface area (Å²) < 4.78 is 36.6. The number of hydrogen-bond donors (Lipinski definition) is 1. The summed E-state index contributed by atoms with van der Waals surface area (Å²) in [6, 6.07) is 0.431. The van der Waals surface area contributed by atoms with Gasteiger partial charge in [0.05, 0.1) is 6.54 Å². The van der Waals surface area contributed by atoms with Crippen molar-refractivity contribution in [1.29, 1.82) is 0 Å². The minimum atomic E-state index is -4.05. The van der Waals surface area contributed by atoms with Gasteiger partial charge < -0.3 is 5.32 Å². The highest BCUT2D eigenvalue weighted by Crippen LogP contribution is 2.26. The zero-order valence-corrected chi connectivity index (χ0v) is 10.1. The van der Waals surface area contributed by atoms with Gasteiger partial charge in [-0.1, -0.05) is 6.42 Å². The Hall–Kier alpha value is -0.290. The Bertz CT molecular complexity index is 230. The summed E-state index contributed by atoms with van der Waals surface area (Å²) in [4.78, 5) is 1.52. The van der Waals surface area contributed by atoms with Gasteiger partial charge in [0.2, 0.25) is 0 Å². The third-order valence-corrected chi connectivity index (χ3v) is 3.91. The van der Waals surface area contributed by atoms with Crippen LogP contribution in [0, 0.1) is 5.92 Å². The lowest BCUT2D eigenvalue weighted by Gasteiger charge is -2.34. The molecule has 0 spiro atoms. The molecule has 0 bridgehead atoms. The fourth-order valence-electron chi connectivity index (χ4n) is 2.58. The zero-order valence-electron chi connectivity index (χ0n) is 10.1. The van der Waals surface area contributed by atoms with Crippen LogP contribution in [0.5, 0.6) is 0 Å². The molecule has 0 atom stereocenters. The van der Waals surface area contributed by atoms with Crippen molar-refractivity contribution < 1.29 is 13.2 Å². The number of nitrogens with one attached hydrogen (secondary N) is 1. The number of nitrogens with zero attached hydrogens (tertiary/aromatic N) is 1. The molecule has 1 saturated carbocycles. The smallest absolute Gasteiger partial charge is 0.314 e. The Kier molecular flexibility index (Phi) is 4.31. The lowest BCUT2D eigenvalue weighted by Crippen LogP contribution is -2.46. The lowest BCUT2D eigenvalue weighted by atomic mass is 9.85. The van der Waals surface area contributed by atoms with Gasteiger partial charge in [-0.25, -0.2) is 0 Å². The molecular formula is C12H21F3N2. The second kappa shape index (κ2) is 5.57. The van der Waals surface area contributed by atoms with Crippen LogP contribution in [0.1, 0.15) is 32.1 Å². The number of alkyl halides is 3. The van der Waals surface area contributed by atoms with Crippen molar-refractivity contribution in [2.45, 2.75) is 44.3 Å². The largest absolute Gasteiger partial charge is 0.401 e. The highest BCUT2D eigenvalue weighted by molar-refractivity contribution is 4.80. The van der Waals surface area contributed by atoms with E-state index in [2.05, 4.69) is 5.32 Å². The molecule has 1 saturated heterocycles. The first-order valence-electron chi connectivity index (χ1n) is 6.55. The van der Waals surface area contributed by atoms with Gasteiger partial charge in [0.15, 0.2) is 0 Å². The van der Waals surface area contributed by atoms with Crippen molar-refractivity contribution in [2.75, 3.05) is 26.2 Å². The topological polar surface area (TPSA) is 15.3 Å². The minimum Gasteiger partial charge on any atom is -0.314 e. The fraction of sp³-hybridized carbons (Fsp3) is 1.00. The fourth-order valence-corrected chi connectivity index (χ4v) is 2.58. The van der Waals surface area contributed by atoms with Crippen molar-refractivity contribution in [3.8, 4) is 0 Å². The van der Waals surface area contributed by atoms with Gasteiger partial charge in [-0.15, -0.1) is 0 Å². The molecule has 1 aliphatic carbocycles. The van der Waals surface area contributed by atoms with E-state index < -0.39 is 12.7 Å². The van der Waals surface area contributed by atoms with Crippen LogP contribution >= 0.6 is 0 Å². The maximum Gasteiger partial charge on any atom is 0.401 e. The molecule has 2 aliphatic rings. The highest BCUT2D eigenvalue weighted by Gasteiger charge is 2.32. The first kappa shape index (κ1) is 13.1. The van der Waals surface area contributed by atoms with E-state index in [1.807, 2.05) is 0 Å². The molecule has 2 rings (SSSR count). The van der Waals surface area contributed by atoms with Crippen molar-refractivity contribution in [1.82, 2.24) is 10.2 Å². The van der Waals surface area contributed by atoms with E-state index in [4.69, 9.17) is 0 Å². The summed E-state index contributed by atoms with van der Waals surface area (Å²) in [5, 5.41) is 3.50. The summed E-state index contributed by atoms with van der Waals surface area (Å²) in [5.41, 5.74) is 0. The molecule has 2 fully saturated rings. The van der Waals surface area contributed by atoms with Gasteiger partial charge in [0.1, 0.15) is 0 Å². The minimum absolute atomic E-state index is 0.431. The van der Waals surface area contributed by atoms with E-state index in [0.717, 1.165) is 25.3 Å². The van der Waals surface area contributed by atoms with Crippen LogP contribution in [0.3, 0.4) is 0 Å². The van der Waals surface area contributed by atoms with Gasteiger partial charge in [-0.3, -0.25) is 4.90 Å². The van der Waals surface area contributed by atoms with Crippen molar-refractivity contribution in [2.24, 2.45) is 5.92 Å². The van der Waals surface area contributed by atoms with Crippen LogP contribution in [-0.2, 0) is 0 Å². The first-order valence-corrected chi connectivity index (χ1v) is 6.55. The Morgan fingerprint density at radius 2 is 1.71 bits per heavy atom. The summed E-state index contributed by atoms with van der Waals surface area (Å²) in [6.07, 6.45) is 1.63. The second-order valence-electron chi connectivity index (χ2n) is 5.37. The number of hydrogen-bond acceptors (Lipinski definition) is 2. The first-order chi connectivity index (χ1) is 8.03. The molecule has 1 N–H and O–H groups in total. The number of halogens is 3. The molecule has 1 heterocycles. The van der Waals surface area contributed by atoms with Crippen molar-refractivity contribution in [3.05, 3.63) is 0 Å². The third-order valence-electron chi connectivity index (χ3n) is 3.91. The Balaban J connectivity index is 1.60. The molecule has 0 aromatic rings. The van der Waals surface area contributed by atoms with Crippen LogP contribution in [-0.4, -0.2) is 43.3 Å². The highest BCUT2D eigenvalue weighted by atomic mass is 19.4. The average molecular weight is 250 g/mol. The van der Waals surface area contributed by atoms with E-state index in [-0.39, 0.29) is 0 Å². The van der Waals surface area contributed by atoms with Crippen LogP contribution in [0.4, 0.5) is 13.2 Å². The van der Waals surface area contributed by atoms with Gasteiger partial charge in [-0.05, 0) is 51.2 Å². The summed E-state index contributed by atoms with van der Waals surface area (Å²) >= 11 is 0. The molecule has 1 aliphatic heterocycles. The summed E-state index contributed by atoms with van der Waals surface area (Å²) in [5.74, 6) is 0.822. The van der Waals surface area contributed by atoms with E-state index in [1.54, 1.807) is 0 Å². The predicted octanol–water partition coefficient (Wildman–Crippen LogP) is 2.40. The molecule has 5 heteroatoms. The molecular weight excluding hydrogens is 229 g/mol. The predicted molar refractivity (Wildman–Crippen MR) is 60.9 cm³/mol. The van der Waals surface area contributed by atoms with Crippen molar-refractivity contribution in [3.63, 3.8) is 0 Å². The van der Waals surface area contributed by atoms with Crippen LogP contribution in [0.2, 0.25) is 0 Å². The Labute approximate surface area is 101 Å². The molecule has 0 unspecified atom stereocenters. The van der Waals surface area contributed by atoms with Gasteiger partial charge in [0.25, 0.3) is 0 Å². The molecule has 0 aromatic carbocycles. The van der Waals surface area contributed by atoms with Gasteiger partial charge in [0, 0.05) is 6.04 Å². The van der Waals surface area contributed by atoms with Crippen LogP contribution in [0.25, 0.3) is 0 Å². The van der Waals surface area contributed by atoms with Crippen LogP contribution < -0.4 is 5.32 Å². The Morgan fingerprint density at radius 3 is 2.18 bits per heavy atom. The molecule has 0 amide bonds. The summed E-state index contributed by atoms with van der Waals surface area (Å²) in [6.45, 7) is 1.45. The molecule has 17 heavy (non-hydrogen) atoms. The van der Waals surface area contributed by atoms with Crippen molar-refractivity contribution >= 4 is 0 Å². The molecule has 0 aromatic heterocycles. The van der Waals surface area contributed by atoms with E-state index in [1.165, 1.54) is 24.2 Å². The average Bonchev–Trinajstić information content (AvgIpc) is 2.16. The van der Waals surface area contributed by atoms with E-state index in [9.17, 15) is 13.2 Å². The van der Waals surface area contributed by atoms with Gasteiger partial charge >= 0.3 is 6.18 Å². The number of rotatable bonds is 4. The second-order valence-corrected chi connectivity index (χ2v) is 5.37. The van der Waals surface area contributed by atoms with Gasteiger partial charge in [-0.2, -0.15) is 13.2 Å². The normalized spacial score (nSPS) is 24.9. The Morgan fingerprint density at radius 1 is 1.06 bits per heavy atom. The molecule has 100 valence electrons. The molecule has 2 nitrogen and oxygen atoms in total. The maximum atomic E-state index is 12.2. The number of likely N-dealkylation sites (tertiary alicyclic amines) is 1. The van der Waals surface area contributed by atoms with Crippen LogP contribution in [0.15, 0.2) is 0 Å². The zero-order chi connectivity index (χ0) is 12.3. The van der Waals surface area contributed by atoms with E-state index in [0.29, 0.717) is 19.1 Å². The summed E-state index contributed by atoms with van der Waals surface area (Å²) in [7, 11) is 0. The van der Waals surface area contributed by atoms with E-state index >= 15 is 0 Å². The molecule has 0 radical (unpaired) electrons. The SMILES string of the molecule is FC(F)(F)CN1CCC(NCC2CCC2)CC1. The maximum absolute atomic E-state index is 12.2. The monoisotopic (exact) mass is 250 g/mol. The standard InChI is InChI=1S/C12H21F3N2/c13-12(14,15)9-17-6-4-11(5-7-17)16-8-10-2-1-3-10/h10-11,16H,1-9H2. The lowest BCUT2D eigenvalue weighted by molar-refractivity contribution is -0.148. The third kappa shape index (κ3) is 4.47. The number of piperidine rings is 1. The quantitative estimate of drug-likeness (QED) is 0.824.